The van der Waals surface area contributed by atoms with E-state index in [4.69, 9.17) is 4.74 Å². The smallest absolute Gasteiger partial charge is 0.191 e. The van der Waals surface area contributed by atoms with E-state index in [1.54, 1.807) is 7.05 Å². The van der Waals surface area contributed by atoms with Crippen LogP contribution in [0.25, 0.3) is 0 Å². The second kappa shape index (κ2) is 8.51. The number of aliphatic imine (C=N–C) groups is 1. The van der Waals surface area contributed by atoms with Gasteiger partial charge >= 0.3 is 0 Å². The summed E-state index contributed by atoms with van der Waals surface area (Å²) in [5.74, 6) is 2.46. The maximum atomic E-state index is 5.96. The van der Waals surface area contributed by atoms with E-state index in [-0.39, 0.29) is 0 Å². The number of pyridine rings is 1. The molecule has 1 aromatic heterocycles. The molecule has 0 saturated heterocycles. The summed E-state index contributed by atoms with van der Waals surface area (Å²) in [4.78, 5) is 8.69. The number of aryl methyl sites for hydroxylation is 1. The average molecular weight is 338 g/mol. The monoisotopic (exact) mass is 338 g/mol. The van der Waals surface area contributed by atoms with E-state index >= 15 is 0 Å². The zero-order valence-electron chi connectivity index (χ0n) is 15.0. The molecule has 1 fully saturated rings. The Morgan fingerprint density at radius 3 is 2.72 bits per heavy atom. The standard InChI is InChI=1S/C20H26N4O/c1-15-6-5-11-22-18(15)13-24-20(21-2)23-12-17-7-3-4-8-19(17)25-14-16-9-10-16/h3-8,11,16H,9-10,12-14H2,1-2H3,(H2,21,23,24). The maximum absolute atomic E-state index is 5.96. The van der Waals surface area contributed by atoms with Crippen LogP contribution in [0.3, 0.4) is 0 Å². The van der Waals surface area contributed by atoms with Gasteiger partial charge in [-0.3, -0.25) is 9.98 Å². The molecule has 132 valence electrons. The van der Waals surface area contributed by atoms with Crippen molar-refractivity contribution in [2.24, 2.45) is 10.9 Å². The van der Waals surface area contributed by atoms with Gasteiger partial charge in [-0.2, -0.15) is 0 Å². The number of hydrogen-bond acceptors (Lipinski definition) is 3. The van der Waals surface area contributed by atoms with Crippen LogP contribution in [0.1, 0.15) is 29.7 Å². The highest BCUT2D eigenvalue weighted by Gasteiger charge is 2.22. The first-order chi connectivity index (χ1) is 12.3. The molecule has 1 aromatic carbocycles. The van der Waals surface area contributed by atoms with Crippen molar-refractivity contribution in [3.8, 4) is 5.75 Å². The van der Waals surface area contributed by atoms with Gasteiger partial charge in [0.05, 0.1) is 18.8 Å². The van der Waals surface area contributed by atoms with Crippen molar-refractivity contribution in [3.05, 3.63) is 59.4 Å². The number of hydrogen-bond donors (Lipinski definition) is 2. The van der Waals surface area contributed by atoms with Gasteiger partial charge in [0.1, 0.15) is 5.75 Å². The second-order valence-electron chi connectivity index (χ2n) is 6.41. The van der Waals surface area contributed by atoms with Gasteiger partial charge in [-0.25, -0.2) is 0 Å². The molecular weight excluding hydrogens is 312 g/mol. The van der Waals surface area contributed by atoms with Crippen molar-refractivity contribution < 1.29 is 4.74 Å². The Balaban J connectivity index is 1.53. The van der Waals surface area contributed by atoms with Gasteiger partial charge in [-0.05, 0) is 43.4 Å². The third-order valence-corrected chi connectivity index (χ3v) is 4.36. The van der Waals surface area contributed by atoms with Gasteiger partial charge in [-0.15, -0.1) is 0 Å². The summed E-state index contributed by atoms with van der Waals surface area (Å²) in [7, 11) is 1.77. The number of aromatic nitrogens is 1. The fourth-order valence-electron chi connectivity index (χ4n) is 2.55. The summed E-state index contributed by atoms with van der Waals surface area (Å²) in [5, 5.41) is 6.66. The quantitative estimate of drug-likeness (QED) is 0.602. The van der Waals surface area contributed by atoms with E-state index in [1.807, 2.05) is 30.5 Å². The minimum Gasteiger partial charge on any atom is -0.493 e. The van der Waals surface area contributed by atoms with E-state index in [0.29, 0.717) is 13.1 Å². The Hall–Kier alpha value is -2.56. The zero-order chi connectivity index (χ0) is 17.5. The topological polar surface area (TPSA) is 58.5 Å². The normalized spacial score (nSPS) is 14.2. The summed E-state index contributed by atoms with van der Waals surface area (Å²) in [6.45, 7) is 4.20. The largest absolute Gasteiger partial charge is 0.493 e. The van der Waals surface area contributed by atoms with E-state index in [0.717, 1.165) is 35.5 Å². The molecule has 1 saturated carbocycles. The molecule has 2 N–H and O–H groups in total. The van der Waals surface area contributed by atoms with Crippen LogP contribution in [0.15, 0.2) is 47.6 Å². The Morgan fingerprint density at radius 1 is 1.16 bits per heavy atom. The summed E-state index contributed by atoms with van der Waals surface area (Å²) in [6.07, 6.45) is 4.40. The molecule has 5 nitrogen and oxygen atoms in total. The molecule has 2 aromatic rings. The van der Waals surface area contributed by atoms with Crippen molar-refractivity contribution in [1.82, 2.24) is 15.6 Å². The summed E-state index contributed by atoms with van der Waals surface area (Å²) in [6, 6.07) is 12.2. The Kier molecular flexibility index (Phi) is 5.88. The Labute approximate surface area is 149 Å². The number of nitrogens with one attached hydrogen (secondary N) is 2. The molecule has 0 aliphatic heterocycles. The molecule has 1 aliphatic rings. The lowest BCUT2D eigenvalue weighted by atomic mass is 10.2. The predicted molar refractivity (Wildman–Crippen MR) is 101 cm³/mol. The van der Waals surface area contributed by atoms with Gasteiger partial charge in [-0.1, -0.05) is 24.3 Å². The van der Waals surface area contributed by atoms with E-state index in [9.17, 15) is 0 Å². The molecular formula is C20H26N4O. The van der Waals surface area contributed by atoms with Crippen molar-refractivity contribution in [2.75, 3.05) is 13.7 Å². The Bertz CT molecular complexity index is 725. The van der Waals surface area contributed by atoms with Gasteiger partial charge in [0.2, 0.25) is 0 Å². The van der Waals surface area contributed by atoms with Crippen LogP contribution in [-0.2, 0) is 13.1 Å². The molecule has 0 bridgehead atoms. The third-order valence-electron chi connectivity index (χ3n) is 4.36. The van der Waals surface area contributed by atoms with Crippen LogP contribution in [-0.4, -0.2) is 24.6 Å². The van der Waals surface area contributed by atoms with Crippen LogP contribution < -0.4 is 15.4 Å². The minimum absolute atomic E-state index is 0.645. The van der Waals surface area contributed by atoms with Crippen LogP contribution in [0.2, 0.25) is 0 Å². The number of ether oxygens (including phenoxy) is 1. The molecule has 0 amide bonds. The number of rotatable bonds is 7. The lowest BCUT2D eigenvalue weighted by molar-refractivity contribution is 0.296. The predicted octanol–water partition coefficient (Wildman–Crippen LogP) is 3.04. The minimum atomic E-state index is 0.645. The van der Waals surface area contributed by atoms with E-state index in [2.05, 4.69) is 39.7 Å². The second-order valence-corrected chi connectivity index (χ2v) is 6.41. The van der Waals surface area contributed by atoms with Crippen LogP contribution in [0.4, 0.5) is 0 Å². The summed E-state index contributed by atoms with van der Waals surface area (Å²) < 4.78 is 5.96. The van der Waals surface area contributed by atoms with Gasteiger partial charge < -0.3 is 15.4 Å². The van der Waals surface area contributed by atoms with Crippen molar-refractivity contribution in [1.29, 1.82) is 0 Å². The summed E-state index contributed by atoms with van der Waals surface area (Å²) in [5.41, 5.74) is 3.34. The molecule has 0 spiro atoms. The highest BCUT2D eigenvalue weighted by molar-refractivity contribution is 5.79. The van der Waals surface area contributed by atoms with Gasteiger partial charge in [0.25, 0.3) is 0 Å². The first-order valence-electron chi connectivity index (χ1n) is 8.82. The SMILES string of the molecule is CN=C(NCc1ccccc1OCC1CC1)NCc1ncccc1C. The molecule has 0 atom stereocenters. The van der Waals surface area contributed by atoms with Crippen LogP contribution >= 0.6 is 0 Å². The lowest BCUT2D eigenvalue weighted by Crippen LogP contribution is -2.36. The maximum Gasteiger partial charge on any atom is 0.191 e. The molecule has 1 aliphatic carbocycles. The number of para-hydroxylation sites is 1. The van der Waals surface area contributed by atoms with Crippen molar-refractivity contribution >= 4 is 5.96 Å². The van der Waals surface area contributed by atoms with Gasteiger partial charge in [0, 0.05) is 25.4 Å². The molecule has 5 heteroatoms. The number of guanidine groups is 1. The van der Waals surface area contributed by atoms with Crippen LogP contribution in [0, 0.1) is 12.8 Å². The fraction of sp³-hybridized carbons (Fsp3) is 0.400. The third kappa shape index (κ3) is 5.21. The first kappa shape index (κ1) is 17.3. The molecule has 1 heterocycles. The van der Waals surface area contributed by atoms with Gasteiger partial charge in [0.15, 0.2) is 5.96 Å². The highest BCUT2D eigenvalue weighted by Crippen LogP contribution is 2.30. The molecule has 0 radical (unpaired) electrons. The highest BCUT2D eigenvalue weighted by atomic mass is 16.5. The fourth-order valence-corrected chi connectivity index (χ4v) is 2.55. The van der Waals surface area contributed by atoms with E-state index in [1.165, 1.54) is 18.4 Å². The molecule has 25 heavy (non-hydrogen) atoms. The zero-order valence-corrected chi connectivity index (χ0v) is 15.0. The lowest BCUT2D eigenvalue weighted by Gasteiger charge is -2.15. The van der Waals surface area contributed by atoms with Crippen molar-refractivity contribution in [3.63, 3.8) is 0 Å². The molecule has 0 unspecified atom stereocenters. The van der Waals surface area contributed by atoms with E-state index < -0.39 is 0 Å². The Morgan fingerprint density at radius 2 is 1.96 bits per heavy atom. The first-order valence-corrected chi connectivity index (χ1v) is 8.82. The number of benzene rings is 1. The molecule has 3 rings (SSSR count). The van der Waals surface area contributed by atoms with Crippen LogP contribution in [0.5, 0.6) is 5.75 Å². The van der Waals surface area contributed by atoms with Crippen molar-refractivity contribution in [2.45, 2.75) is 32.9 Å². The average Bonchev–Trinajstić information content (AvgIpc) is 3.46. The summed E-state index contributed by atoms with van der Waals surface area (Å²) >= 11 is 0. The number of nitrogens with zero attached hydrogens (tertiary/aromatic N) is 2.